The molecule has 0 atom stereocenters. The summed E-state index contributed by atoms with van der Waals surface area (Å²) < 4.78 is 64.5. The molecule has 0 aliphatic heterocycles. The highest BCUT2D eigenvalue weighted by atomic mass is 32.2. The number of carbonyl (C=O) groups is 1. The second-order valence-corrected chi connectivity index (χ2v) is 7.07. The van der Waals surface area contributed by atoms with Gasteiger partial charge >= 0.3 is 12.1 Å². The number of hydrogen-bond donors (Lipinski definition) is 1. The number of carboxylic acids is 1. The number of benzene rings is 2. The zero-order valence-electron chi connectivity index (χ0n) is 13.3. The summed E-state index contributed by atoms with van der Waals surface area (Å²) in [6, 6.07) is 6.85. The number of sulfonamides is 1. The minimum atomic E-state index is -4.78. The molecule has 12 heteroatoms. The molecule has 0 spiro atoms. The van der Waals surface area contributed by atoms with Crippen LogP contribution >= 0.6 is 0 Å². The minimum absolute atomic E-state index is 0.240. The van der Waals surface area contributed by atoms with Gasteiger partial charge in [-0.2, -0.15) is 13.2 Å². The van der Waals surface area contributed by atoms with E-state index in [1.165, 1.54) is 0 Å². The lowest BCUT2D eigenvalue weighted by Crippen LogP contribution is -2.36. The van der Waals surface area contributed by atoms with E-state index in [9.17, 15) is 36.5 Å². The van der Waals surface area contributed by atoms with Crippen LogP contribution in [0.15, 0.2) is 53.4 Å². The first kappa shape index (κ1) is 20.2. The van der Waals surface area contributed by atoms with Gasteiger partial charge in [-0.3, -0.25) is 19.2 Å². The maximum absolute atomic E-state index is 12.9. The van der Waals surface area contributed by atoms with Gasteiger partial charge in [0.2, 0.25) is 0 Å². The molecule has 1 N–H and O–H groups in total. The Morgan fingerprint density at radius 3 is 2.33 bits per heavy atom. The number of non-ortho nitro benzene ring substituents is 1. The molecule has 0 radical (unpaired) electrons. The molecule has 0 aliphatic rings. The van der Waals surface area contributed by atoms with Gasteiger partial charge in [0, 0.05) is 12.1 Å². The number of rotatable bonds is 6. The van der Waals surface area contributed by atoms with Gasteiger partial charge in [-0.1, -0.05) is 12.1 Å². The van der Waals surface area contributed by atoms with Crippen LogP contribution in [0.5, 0.6) is 0 Å². The highest BCUT2D eigenvalue weighted by molar-refractivity contribution is 7.92. The average molecular weight is 404 g/mol. The molecule has 0 saturated heterocycles. The van der Waals surface area contributed by atoms with E-state index < -0.39 is 55.5 Å². The molecular formula is C15H11F3N2O6S. The molecule has 8 nitrogen and oxygen atoms in total. The van der Waals surface area contributed by atoms with Crippen molar-refractivity contribution in [2.45, 2.75) is 11.1 Å². The predicted octanol–water partition coefficient (Wildman–Crippen LogP) is 2.89. The maximum atomic E-state index is 12.9. The number of nitrogens with zero attached hydrogens (tertiary/aromatic N) is 2. The number of nitro benzene ring substituents is 1. The number of alkyl halides is 3. The Balaban J connectivity index is 2.61. The topological polar surface area (TPSA) is 118 Å². The Morgan fingerprint density at radius 2 is 1.78 bits per heavy atom. The fourth-order valence-electron chi connectivity index (χ4n) is 2.16. The quantitative estimate of drug-likeness (QED) is 0.584. The second-order valence-electron chi connectivity index (χ2n) is 5.21. The Kier molecular flexibility index (Phi) is 5.40. The lowest BCUT2D eigenvalue weighted by molar-refractivity contribution is -0.385. The normalized spacial score (nSPS) is 11.8. The van der Waals surface area contributed by atoms with E-state index >= 15 is 0 Å². The summed E-state index contributed by atoms with van der Waals surface area (Å²) in [7, 11) is -4.69. The Labute approximate surface area is 150 Å². The molecule has 2 rings (SSSR count). The van der Waals surface area contributed by atoms with Crippen LogP contribution in [0.2, 0.25) is 0 Å². The SMILES string of the molecule is O=C(O)CN(c1cccc(C(F)(F)F)c1)S(=O)(=O)c1cccc([N+](=O)[O-])c1. The summed E-state index contributed by atoms with van der Waals surface area (Å²) >= 11 is 0. The van der Waals surface area contributed by atoms with Crippen LogP contribution in [0.25, 0.3) is 0 Å². The zero-order chi connectivity index (χ0) is 20.4. The monoisotopic (exact) mass is 404 g/mol. The Hall–Kier alpha value is -3.15. The molecule has 2 aromatic rings. The maximum Gasteiger partial charge on any atom is 0.416 e. The number of halogens is 3. The third kappa shape index (κ3) is 4.53. The molecule has 27 heavy (non-hydrogen) atoms. The van der Waals surface area contributed by atoms with Gasteiger partial charge in [0.15, 0.2) is 0 Å². The third-order valence-corrected chi connectivity index (χ3v) is 5.13. The van der Waals surface area contributed by atoms with E-state index in [-0.39, 0.29) is 4.31 Å². The van der Waals surface area contributed by atoms with Crippen LogP contribution < -0.4 is 4.31 Å². The number of carboxylic acid groups (broad SMARTS) is 1. The lowest BCUT2D eigenvalue weighted by atomic mass is 10.2. The first-order chi connectivity index (χ1) is 12.4. The molecule has 2 aromatic carbocycles. The van der Waals surface area contributed by atoms with Crippen molar-refractivity contribution < 1.29 is 36.4 Å². The first-order valence-corrected chi connectivity index (χ1v) is 8.53. The summed E-state index contributed by atoms with van der Waals surface area (Å²) in [5.41, 5.74) is -2.29. The van der Waals surface area contributed by atoms with Gasteiger partial charge in [-0.05, 0) is 24.3 Å². The van der Waals surface area contributed by atoms with E-state index in [2.05, 4.69) is 0 Å². The van der Waals surface area contributed by atoms with Gasteiger partial charge in [-0.15, -0.1) is 0 Å². The molecule has 0 aromatic heterocycles. The highest BCUT2D eigenvalue weighted by Crippen LogP contribution is 2.33. The second kappa shape index (κ2) is 7.23. The number of nitro groups is 1. The summed E-state index contributed by atoms with van der Waals surface area (Å²) in [5, 5.41) is 19.8. The smallest absolute Gasteiger partial charge is 0.416 e. The molecule has 144 valence electrons. The first-order valence-electron chi connectivity index (χ1n) is 7.09. The number of anilines is 1. The number of aliphatic carboxylic acids is 1. The van der Waals surface area contributed by atoms with Crippen molar-refractivity contribution in [3.63, 3.8) is 0 Å². The van der Waals surface area contributed by atoms with Crippen LogP contribution in [0, 0.1) is 10.1 Å². The van der Waals surface area contributed by atoms with Crippen molar-refractivity contribution in [1.29, 1.82) is 0 Å². The van der Waals surface area contributed by atoms with Crippen LogP contribution in [0.4, 0.5) is 24.5 Å². The van der Waals surface area contributed by atoms with Gasteiger partial charge < -0.3 is 5.11 Å². The zero-order valence-corrected chi connectivity index (χ0v) is 14.1. The Bertz CT molecular complexity index is 991. The van der Waals surface area contributed by atoms with E-state index in [0.717, 1.165) is 30.3 Å². The standard InChI is InChI=1S/C15H11F3N2O6S/c16-15(17,18)10-3-1-4-11(7-10)19(9-14(21)22)27(25,26)13-6-2-5-12(8-13)20(23)24/h1-8H,9H2,(H,21,22). The van der Waals surface area contributed by atoms with Crippen molar-refractivity contribution in [2.24, 2.45) is 0 Å². The summed E-state index contributed by atoms with van der Waals surface area (Å²) in [4.78, 5) is 20.4. The van der Waals surface area contributed by atoms with Crippen LogP contribution in [-0.4, -0.2) is 31.0 Å². The van der Waals surface area contributed by atoms with E-state index in [4.69, 9.17) is 5.11 Å². The molecular weight excluding hydrogens is 393 g/mol. The van der Waals surface area contributed by atoms with E-state index in [0.29, 0.717) is 18.2 Å². The Morgan fingerprint density at radius 1 is 1.15 bits per heavy atom. The van der Waals surface area contributed by atoms with Crippen molar-refractivity contribution in [1.82, 2.24) is 0 Å². The molecule has 0 aliphatic carbocycles. The van der Waals surface area contributed by atoms with Gasteiger partial charge in [0.1, 0.15) is 6.54 Å². The van der Waals surface area contributed by atoms with Gasteiger partial charge in [-0.25, -0.2) is 8.42 Å². The summed E-state index contributed by atoms with van der Waals surface area (Å²) in [6.45, 7) is -1.17. The fraction of sp³-hybridized carbons (Fsp3) is 0.133. The van der Waals surface area contributed by atoms with Crippen LogP contribution in [0.3, 0.4) is 0 Å². The largest absolute Gasteiger partial charge is 0.480 e. The lowest BCUT2D eigenvalue weighted by Gasteiger charge is -2.23. The third-order valence-electron chi connectivity index (χ3n) is 3.36. The van der Waals surface area contributed by atoms with Crippen molar-refractivity contribution in [2.75, 3.05) is 10.8 Å². The van der Waals surface area contributed by atoms with Crippen molar-refractivity contribution >= 4 is 27.4 Å². The average Bonchev–Trinajstić information content (AvgIpc) is 2.59. The molecule has 0 unspecified atom stereocenters. The van der Waals surface area contributed by atoms with Gasteiger partial charge in [0.25, 0.3) is 15.7 Å². The van der Waals surface area contributed by atoms with Crippen molar-refractivity contribution in [3.05, 3.63) is 64.2 Å². The molecule has 0 fully saturated rings. The predicted molar refractivity (Wildman–Crippen MR) is 86.7 cm³/mol. The fourth-order valence-corrected chi connectivity index (χ4v) is 3.61. The van der Waals surface area contributed by atoms with Gasteiger partial charge in [0.05, 0.1) is 21.1 Å². The van der Waals surface area contributed by atoms with Crippen molar-refractivity contribution in [3.8, 4) is 0 Å². The van der Waals surface area contributed by atoms with E-state index in [1.807, 2.05) is 0 Å². The molecule has 0 saturated carbocycles. The molecule has 0 bridgehead atoms. The minimum Gasteiger partial charge on any atom is -0.480 e. The molecule has 0 heterocycles. The van der Waals surface area contributed by atoms with E-state index in [1.54, 1.807) is 0 Å². The number of hydrogen-bond acceptors (Lipinski definition) is 5. The molecule has 0 amide bonds. The summed E-state index contributed by atoms with van der Waals surface area (Å²) in [6.07, 6.45) is -4.78. The highest BCUT2D eigenvalue weighted by Gasteiger charge is 2.33. The van der Waals surface area contributed by atoms with Crippen LogP contribution in [0.1, 0.15) is 5.56 Å². The summed E-state index contributed by atoms with van der Waals surface area (Å²) in [5.74, 6) is -1.62. The van der Waals surface area contributed by atoms with Crippen LogP contribution in [-0.2, 0) is 21.0 Å².